The number of hydrogen-bond acceptors (Lipinski definition) is 19. The van der Waals surface area contributed by atoms with Crippen LogP contribution < -0.4 is 31.7 Å². The summed E-state index contributed by atoms with van der Waals surface area (Å²) < 4.78 is 25.5. The number of aliphatic hydroxyl groups excluding tert-OH is 1. The number of carbonyl (C=O) groups excluding carboxylic acids is 4. The minimum atomic E-state index is -1.19. The zero-order chi connectivity index (χ0) is 62.8. The van der Waals surface area contributed by atoms with Gasteiger partial charge in [0.05, 0.1) is 87.3 Å². The van der Waals surface area contributed by atoms with Gasteiger partial charge >= 0.3 is 0 Å². The molecule has 0 bridgehead atoms. The van der Waals surface area contributed by atoms with Gasteiger partial charge in [0.2, 0.25) is 29.6 Å². The number of pyridine rings is 1. The van der Waals surface area contributed by atoms with Crippen LogP contribution in [-0.4, -0.2) is 190 Å². The molecule has 3 atom stereocenters. The van der Waals surface area contributed by atoms with Crippen LogP contribution >= 0.6 is 11.3 Å². The van der Waals surface area contributed by atoms with Crippen LogP contribution in [0, 0.1) is 12.3 Å². The molecule has 0 spiro atoms. The second-order valence-corrected chi connectivity index (χ2v) is 24.3. The number of nitrogens with one attached hydrogen (secondary N) is 4. The molecule has 6 N–H and O–H groups in total. The lowest BCUT2D eigenvalue weighted by atomic mass is 9.85. The maximum Gasteiger partial charge on any atom is 0.278 e. The van der Waals surface area contributed by atoms with Gasteiger partial charge in [0.15, 0.2) is 11.5 Å². The molecule has 0 unspecified atom stereocenters. The summed E-state index contributed by atoms with van der Waals surface area (Å²) in [6.07, 6.45) is 3.57. The van der Waals surface area contributed by atoms with Gasteiger partial charge in [0.1, 0.15) is 23.1 Å². The Morgan fingerprint density at radius 3 is 2.15 bits per heavy atom. The second kappa shape index (κ2) is 31.6. The van der Waals surface area contributed by atoms with E-state index in [0.29, 0.717) is 81.1 Å². The number of aliphatic hydroxyl groups is 2. The number of hydrogen-bond donors (Lipinski definition) is 6. The fraction of sp³-hybridized carbons (Fsp3) is 0.508. The number of nitrogens with zero attached hydrogens (tertiary/aromatic N) is 9. The number of β-amino-alcohol motifs (C(OH)–C–C–N with tert-alkyl or cyclic N) is 1. The molecule has 0 radical (unpaired) electrons. The topological polar surface area (TPSA) is 282 Å². The summed E-state index contributed by atoms with van der Waals surface area (Å²) in [5, 5.41) is 33.5. The van der Waals surface area contributed by atoms with E-state index in [9.17, 15) is 34.2 Å². The van der Waals surface area contributed by atoms with E-state index in [2.05, 4.69) is 64.7 Å². The smallest absolute Gasteiger partial charge is 0.278 e. The molecule has 6 aromatic rings. The summed E-state index contributed by atoms with van der Waals surface area (Å²) in [5.41, 5.74) is 5.25. The van der Waals surface area contributed by atoms with Gasteiger partial charge in [-0.3, -0.25) is 28.9 Å². The van der Waals surface area contributed by atoms with Crippen molar-refractivity contribution in [2.24, 2.45) is 5.41 Å². The number of fused-ring (bicyclic) bond motifs is 1. The van der Waals surface area contributed by atoms with Crippen molar-refractivity contribution in [3.8, 4) is 16.3 Å². The van der Waals surface area contributed by atoms with E-state index in [4.69, 9.17) is 23.9 Å². The van der Waals surface area contributed by atoms with E-state index >= 15 is 0 Å². The number of amides is 4. The van der Waals surface area contributed by atoms with Crippen LogP contribution in [0.3, 0.4) is 0 Å². The molecule has 4 aromatic heterocycles. The van der Waals surface area contributed by atoms with Crippen molar-refractivity contribution in [2.45, 2.75) is 104 Å². The first-order valence-corrected chi connectivity index (χ1v) is 30.9. The minimum absolute atomic E-state index is 0.00740. The van der Waals surface area contributed by atoms with Gasteiger partial charge in [-0.05, 0) is 86.7 Å². The predicted molar refractivity (Wildman–Crippen MR) is 337 cm³/mol. The highest BCUT2D eigenvalue weighted by Gasteiger charge is 2.44. The van der Waals surface area contributed by atoms with E-state index in [-0.39, 0.29) is 69.0 Å². The first kappa shape index (κ1) is 66.5. The normalized spacial score (nSPS) is 16.0. The highest BCUT2D eigenvalue weighted by molar-refractivity contribution is 7.13. The van der Waals surface area contributed by atoms with Crippen LogP contribution in [-0.2, 0) is 56.8 Å². The summed E-state index contributed by atoms with van der Waals surface area (Å²) >= 11 is 1.57. The van der Waals surface area contributed by atoms with Crippen molar-refractivity contribution in [3.05, 3.63) is 118 Å². The molecule has 2 aliphatic rings. The van der Waals surface area contributed by atoms with Crippen molar-refractivity contribution < 1.29 is 48.3 Å². The fourth-order valence-electron chi connectivity index (χ4n) is 10.4. The van der Waals surface area contributed by atoms with Crippen LogP contribution in [0.1, 0.15) is 77.3 Å². The van der Waals surface area contributed by atoms with E-state index in [1.54, 1.807) is 54.1 Å². The summed E-state index contributed by atoms with van der Waals surface area (Å²) in [6, 6.07) is 19.4. The fourth-order valence-corrected chi connectivity index (χ4v) is 11.2. The molecule has 88 heavy (non-hydrogen) atoms. The molecular weight excluding hydrogens is 1150 g/mol. The standard InChI is InChI=1S/C63H85N13O11S/c1-8-24-75-59(81)49-40-66-61(71-57(49)76(75)52-12-9-11-51(69-52)63(6,7)83)68-46-18-20-47(21-19-46)73-28-26-72(27-29-73)25-10-13-53(78)64-23-31-85-33-35-87-37-36-86-34-32-84-30-22-54(79)70-56(62(3,4)5)60(82)74-41-48(77)38-50(74)58(80)65-39-44-14-16-45(17-15-44)55-43(2)67-42-88-55/h8-9,11-12,14-21,40,42,48,50,56,77,83H,1,10,13,22-39,41H2,2-7H3,(H,64,78)(H,65,80)(H,70,79)(H,66,68,71)/t48-,50+,56-/m1/s1. The third-order valence-corrected chi connectivity index (χ3v) is 16.1. The zero-order valence-electron chi connectivity index (χ0n) is 51.4. The molecule has 6 heterocycles. The lowest BCUT2D eigenvalue weighted by molar-refractivity contribution is -0.144. The van der Waals surface area contributed by atoms with Crippen molar-refractivity contribution in [3.63, 3.8) is 0 Å². The number of allylic oxidation sites excluding steroid dienone is 1. The van der Waals surface area contributed by atoms with Gasteiger partial charge in [-0.15, -0.1) is 17.9 Å². The third-order valence-electron chi connectivity index (χ3n) is 15.2. The summed E-state index contributed by atoms with van der Waals surface area (Å²) in [5.74, 6) is -0.438. The average Bonchev–Trinajstić information content (AvgIpc) is 1.91. The summed E-state index contributed by atoms with van der Waals surface area (Å²) in [6.45, 7) is 22.3. The first-order chi connectivity index (χ1) is 42.3. The van der Waals surface area contributed by atoms with Crippen molar-refractivity contribution >= 4 is 63.3 Å². The van der Waals surface area contributed by atoms with Gasteiger partial charge in [-0.2, -0.15) is 4.98 Å². The number of aromatic nitrogens is 6. The van der Waals surface area contributed by atoms with Crippen molar-refractivity contribution in [1.29, 1.82) is 0 Å². The number of piperazine rings is 1. The van der Waals surface area contributed by atoms with Gasteiger partial charge in [-0.25, -0.2) is 24.3 Å². The van der Waals surface area contributed by atoms with E-state index in [1.807, 2.05) is 69.6 Å². The zero-order valence-corrected chi connectivity index (χ0v) is 52.2. The Kier molecular flexibility index (Phi) is 23.9. The Morgan fingerprint density at radius 1 is 0.818 bits per heavy atom. The molecule has 0 aliphatic carbocycles. The Morgan fingerprint density at radius 2 is 1.50 bits per heavy atom. The third kappa shape index (κ3) is 18.5. The molecule has 2 aromatic carbocycles. The van der Waals surface area contributed by atoms with Crippen molar-refractivity contribution in [2.75, 3.05) is 109 Å². The van der Waals surface area contributed by atoms with Crippen LogP contribution in [0.4, 0.5) is 17.3 Å². The molecule has 4 amide bonds. The van der Waals surface area contributed by atoms with Crippen LogP contribution in [0.2, 0.25) is 0 Å². The van der Waals surface area contributed by atoms with Crippen LogP contribution in [0.5, 0.6) is 0 Å². The Labute approximate surface area is 517 Å². The molecule has 2 saturated heterocycles. The number of rotatable bonds is 32. The minimum Gasteiger partial charge on any atom is -0.391 e. The molecular formula is C63H85N13O11S. The number of aryl methyl sites for hydroxylation is 1. The lowest BCUT2D eigenvalue weighted by Crippen LogP contribution is -2.57. The number of carbonyl (C=O) groups is 4. The van der Waals surface area contributed by atoms with E-state index in [0.717, 1.165) is 72.2 Å². The van der Waals surface area contributed by atoms with Gasteiger partial charge < -0.3 is 60.2 Å². The van der Waals surface area contributed by atoms with Crippen molar-refractivity contribution in [1.82, 2.24) is 55.0 Å². The molecule has 2 fully saturated rings. The monoisotopic (exact) mass is 1230 g/mol. The van der Waals surface area contributed by atoms with Crippen LogP contribution in [0.15, 0.2) is 95.9 Å². The summed E-state index contributed by atoms with van der Waals surface area (Å²) in [7, 11) is 0. The highest BCUT2D eigenvalue weighted by atomic mass is 32.1. The largest absolute Gasteiger partial charge is 0.391 e. The number of ether oxygens (including phenoxy) is 4. The molecule has 0 saturated carbocycles. The Balaban J connectivity index is 0.622. The number of benzene rings is 2. The first-order valence-electron chi connectivity index (χ1n) is 30.0. The SMILES string of the molecule is C=CCn1c(=O)c2cnc(Nc3ccc(N4CCN(CCCC(=O)NCCOCCOCCOCCOCCC(=O)N[C@H](C(=O)N5C[C@H](O)C[C@H]5C(=O)NCc5ccc(-c6scnc6C)cc5)C(C)(C)C)CC4)cc3)nc2n1-c1cccc(C(C)(C)O)n1. The van der Waals surface area contributed by atoms with E-state index in [1.165, 1.54) is 15.8 Å². The molecule has 25 heteroatoms. The number of thiazole rings is 1. The van der Waals surface area contributed by atoms with Gasteiger partial charge in [-0.1, -0.05) is 57.2 Å². The van der Waals surface area contributed by atoms with Gasteiger partial charge in [0.25, 0.3) is 5.56 Å². The molecule has 24 nitrogen and oxygen atoms in total. The second-order valence-electron chi connectivity index (χ2n) is 23.5. The molecule has 474 valence electrons. The predicted octanol–water partition coefficient (Wildman–Crippen LogP) is 4.85. The van der Waals surface area contributed by atoms with Gasteiger partial charge in [0, 0.05) is 82.6 Å². The lowest BCUT2D eigenvalue weighted by Gasteiger charge is -2.36. The highest BCUT2D eigenvalue weighted by Crippen LogP contribution is 2.30. The molecule has 8 rings (SSSR count). The quantitative estimate of drug-likeness (QED) is 0.0243. The van der Waals surface area contributed by atoms with E-state index < -0.39 is 35.1 Å². The Bertz CT molecular complexity index is 3330. The summed E-state index contributed by atoms with van der Waals surface area (Å²) in [4.78, 5) is 91.8. The Hall–Kier alpha value is -7.49. The maximum atomic E-state index is 14.0. The molecule has 2 aliphatic heterocycles. The maximum absolute atomic E-state index is 14.0. The number of likely N-dealkylation sites (tertiary alicyclic amines) is 1. The average molecular weight is 1230 g/mol. The van der Waals surface area contributed by atoms with Crippen LogP contribution in [0.25, 0.3) is 27.3 Å². The number of anilines is 3.